The van der Waals surface area contributed by atoms with Crippen LogP contribution in [0.25, 0.3) is 10.9 Å². The smallest absolute Gasteiger partial charge is 0.262 e. The van der Waals surface area contributed by atoms with E-state index in [1.807, 2.05) is 61.5 Å². The molecule has 0 unspecified atom stereocenters. The third-order valence-electron chi connectivity index (χ3n) is 5.24. The molecule has 2 aromatic carbocycles. The SMILES string of the molecule is CN(C)c1ccc(NC(=O)CSc2nc3ccccc3c(=O)n2C[C@H]2CCCO2)cc1. The molecule has 0 radical (unpaired) electrons. The molecule has 0 bridgehead atoms. The van der Waals surface area contributed by atoms with Gasteiger partial charge in [0.25, 0.3) is 5.56 Å². The standard InChI is InChI=1S/C23H26N4O3S/c1-26(2)17-11-9-16(10-12-17)24-21(28)15-31-23-25-20-8-4-3-7-19(20)22(29)27(23)14-18-6-5-13-30-18/h3-4,7-12,18H,5-6,13-15H2,1-2H3,(H,24,28)/t18-/m1/s1. The van der Waals surface area contributed by atoms with E-state index in [0.717, 1.165) is 30.8 Å². The Morgan fingerprint density at radius 1 is 1.23 bits per heavy atom. The van der Waals surface area contributed by atoms with Crippen molar-refractivity contribution in [3.8, 4) is 0 Å². The maximum Gasteiger partial charge on any atom is 0.262 e. The van der Waals surface area contributed by atoms with Gasteiger partial charge in [-0.15, -0.1) is 0 Å². The topological polar surface area (TPSA) is 76.5 Å². The summed E-state index contributed by atoms with van der Waals surface area (Å²) in [7, 11) is 3.94. The van der Waals surface area contributed by atoms with Crippen molar-refractivity contribution in [2.45, 2.75) is 30.6 Å². The predicted octanol–water partition coefficient (Wildman–Crippen LogP) is 3.37. The second-order valence-corrected chi connectivity index (χ2v) is 8.68. The van der Waals surface area contributed by atoms with Crippen molar-refractivity contribution in [3.63, 3.8) is 0 Å². The molecule has 8 heteroatoms. The van der Waals surface area contributed by atoms with Crippen LogP contribution in [-0.2, 0) is 16.1 Å². The number of para-hydroxylation sites is 1. The van der Waals surface area contributed by atoms with E-state index < -0.39 is 0 Å². The monoisotopic (exact) mass is 438 g/mol. The average molecular weight is 439 g/mol. The first kappa shape index (κ1) is 21.4. The molecule has 31 heavy (non-hydrogen) atoms. The van der Waals surface area contributed by atoms with Gasteiger partial charge in [0.15, 0.2) is 5.16 Å². The van der Waals surface area contributed by atoms with Crippen molar-refractivity contribution in [2.24, 2.45) is 0 Å². The lowest BCUT2D eigenvalue weighted by atomic mass is 10.2. The van der Waals surface area contributed by atoms with Crippen molar-refractivity contribution in [2.75, 3.05) is 36.7 Å². The Labute approximate surface area is 185 Å². The number of anilines is 2. The van der Waals surface area contributed by atoms with E-state index in [0.29, 0.717) is 22.6 Å². The van der Waals surface area contributed by atoms with E-state index in [1.54, 1.807) is 10.6 Å². The number of hydrogen-bond donors (Lipinski definition) is 1. The Hall–Kier alpha value is -2.84. The van der Waals surface area contributed by atoms with Crippen LogP contribution in [0, 0.1) is 0 Å². The van der Waals surface area contributed by atoms with Gasteiger partial charge in [-0.1, -0.05) is 23.9 Å². The van der Waals surface area contributed by atoms with Crippen LogP contribution in [-0.4, -0.2) is 48.0 Å². The third-order valence-corrected chi connectivity index (χ3v) is 6.21. The molecular formula is C23H26N4O3S. The second kappa shape index (κ2) is 9.53. The number of thioether (sulfide) groups is 1. The molecule has 1 fully saturated rings. The van der Waals surface area contributed by atoms with Crippen LogP contribution >= 0.6 is 11.8 Å². The van der Waals surface area contributed by atoms with E-state index in [1.165, 1.54) is 11.8 Å². The fraction of sp³-hybridized carbons (Fsp3) is 0.348. The highest BCUT2D eigenvalue weighted by Crippen LogP contribution is 2.22. The fourth-order valence-electron chi connectivity index (χ4n) is 3.58. The highest BCUT2D eigenvalue weighted by molar-refractivity contribution is 7.99. The van der Waals surface area contributed by atoms with Crippen LogP contribution in [0.1, 0.15) is 12.8 Å². The quantitative estimate of drug-likeness (QED) is 0.450. The van der Waals surface area contributed by atoms with Gasteiger partial charge >= 0.3 is 0 Å². The molecule has 4 rings (SSSR count). The molecular weight excluding hydrogens is 412 g/mol. The molecule has 0 saturated carbocycles. The maximum atomic E-state index is 13.1. The maximum absolute atomic E-state index is 13.1. The van der Waals surface area contributed by atoms with E-state index in [2.05, 4.69) is 10.3 Å². The molecule has 162 valence electrons. The van der Waals surface area contributed by atoms with Gasteiger partial charge < -0.3 is 15.0 Å². The molecule has 1 aliphatic heterocycles. The predicted molar refractivity (Wildman–Crippen MR) is 125 cm³/mol. The first-order chi connectivity index (χ1) is 15.0. The Morgan fingerprint density at radius 3 is 2.71 bits per heavy atom. The van der Waals surface area contributed by atoms with Crippen molar-refractivity contribution >= 4 is 39.9 Å². The van der Waals surface area contributed by atoms with Crippen LogP contribution in [0.5, 0.6) is 0 Å². The normalized spacial score (nSPS) is 15.9. The fourth-order valence-corrected chi connectivity index (χ4v) is 4.39. The largest absolute Gasteiger partial charge is 0.378 e. The zero-order valence-corrected chi connectivity index (χ0v) is 18.5. The number of ether oxygens (including phenoxy) is 1. The summed E-state index contributed by atoms with van der Waals surface area (Å²) in [5.41, 5.74) is 2.34. The van der Waals surface area contributed by atoms with Crippen molar-refractivity contribution < 1.29 is 9.53 Å². The lowest BCUT2D eigenvalue weighted by Crippen LogP contribution is -2.29. The van der Waals surface area contributed by atoms with Gasteiger partial charge in [0.1, 0.15) is 0 Å². The highest BCUT2D eigenvalue weighted by Gasteiger charge is 2.20. The molecule has 1 amide bonds. The molecule has 7 nitrogen and oxygen atoms in total. The van der Waals surface area contributed by atoms with E-state index in [4.69, 9.17) is 4.74 Å². The zero-order chi connectivity index (χ0) is 21.8. The highest BCUT2D eigenvalue weighted by atomic mass is 32.2. The zero-order valence-electron chi connectivity index (χ0n) is 17.7. The summed E-state index contributed by atoms with van der Waals surface area (Å²) < 4.78 is 7.39. The number of rotatable bonds is 7. The lowest BCUT2D eigenvalue weighted by Gasteiger charge is -2.16. The van der Waals surface area contributed by atoms with Crippen molar-refractivity contribution in [3.05, 3.63) is 58.9 Å². The number of amides is 1. The molecule has 1 aromatic heterocycles. The van der Waals surface area contributed by atoms with Gasteiger partial charge in [-0.25, -0.2) is 4.98 Å². The average Bonchev–Trinajstić information content (AvgIpc) is 3.28. The van der Waals surface area contributed by atoms with Crippen LogP contribution in [0.4, 0.5) is 11.4 Å². The minimum atomic E-state index is -0.145. The van der Waals surface area contributed by atoms with Gasteiger partial charge in [-0.2, -0.15) is 0 Å². The van der Waals surface area contributed by atoms with E-state index in [9.17, 15) is 9.59 Å². The van der Waals surface area contributed by atoms with Crippen LogP contribution in [0.2, 0.25) is 0 Å². The van der Waals surface area contributed by atoms with Gasteiger partial charge in [0.05, 0.1) is 29.3 Å². The summed E-state index contributed by atoms with van der Waals surface area (Å²) >= 11 is 1.27. The van der Waals surface area contributed by atoms with E-state index >= 15 is 0 Å². The number of aromatic nitrogens is 2. The molecule has 1 N–H and O–H groups in total. The lowest BCUT2D eigenvalue weighted by molar-refractivity contribution is -0.113. The molecule has 1 atom stereocenters. The van der Waals surface area contributed by atoms with Crippen molar-refractivity contribution in [1.29, 1.82) is 0 Å². The van der Waals surface area contributed by atoms with Crippen molar-refractivity contribution in [1.82, 2.24) is 9.55 Å². The Bertz CT molecular complexity index is 1120. The van der Waals surface area contributed by atoms with Gasteiger partial charge in [0.2, 0.25) is 5.91 Å². The Balaban J connectivity index is 1.51. The summed E-state index contributed by atoms with van der Waals surface area (Å²) in [4.78, 5) is 32.3. The molecule has 2 heterocycles. The van der Waals surface area contributed by atoms with Gasteiger partial charge in [0, 0.05) is 32.1 Å². The Kier molecular flexibility index (Phi) is 6.58. The number of hydrogen-bond acceptors (Lipinski definition) is 6. The number of carbonyl (C=O) groups is 1. The number of benzene rings is 2. The Morgan fingerprint density at radius 2 is 2.00 bits per heavy atom. The molecule has 1 saturated heterocycles. The summed E-state index contributed by atoms with van der Waals surface area (Å²) in [6, 6.07) is 15.0. The van der Waals surface area contributed by atoms with Gasteiger partial charge in [-0.3, -0.25) is 14.2 Å². The molecule has 3 aromatic rings. The first-order valence-corrected chi connectivity index (χ1v) is 11.3. The summed E-state index contributed by atoms with van der Waals surface area (Å²) in [6.07, 6.45) is 1.93. The summed E-state index contributed by atoms with van der Waals surface area (Å²) in [6.45, 7) is 1.17. The molecule has 1 aliphatic rings. The third kappa shape index (κ3) is 5.08. The number of carbonyl (C=O) groups excluding carboxylic acids is 1. The number of fused-ring (bicyclic) bond motifs is 1. The van der Waals surface area contributed by atoms with Crippen LogP contribution < -0.4 is 15.8 Å². The van der Waals surface area contributed by atoms with Gasteiger partial charge in [-0.05, 0) is 49.2 Å². The number of nitrogens with zero attached hydrogens (tertiary/aromatic N) is 3. The molecule has 0 spiro atoms. The minimum absolute atomic E-state index is 0.00375. The molecule has 0 aliphatic carbocycles. The van der Waals surface area contributed by atoms with E-state index in [-0.39, 0.29) is 23.3 Å². The minimum Gasteiger partial charge on any atom is -0.378 e. The van der Waals surface area contributed by atoms with Crippen LogP contribution in [0.3, 0.4) is 0 Å². The first-order valence-electron chi connectivity index (χ1n) is 10.3. The van der Waals surface area contributed by atoms with Crippen LogP contribution in [0.15, 0.2) is 58.5 Å². The second-order valence-electron chi connectivity index (χ2n) is 7.74. The summed E-state index contributed by atoms with van der Waals surface area (Å²) in [5, 5.41) is 4.02. The number of nitrogens with one attached hydrogen (secondary N) is 1. The summed E-state index contributed by atoms with van der Waals surface area (Å²) in [5.74, 6) is 0.0137.